The smallest absolute Gasteiger partial charge is 0.243 e. The molecule has 0 aromatic heterocycles. The highest BCUT2D eigenvalue weighted by Gasteiger charge is 2.14. The van der Waals surface area contributed by atoms with E-state index in [-0.39, 0.29) is 48.5 Å². The minimum Gasteiger partial charge on any atom is -0.490 e. The zero-order valence-electron chi connectivity index (χ0n) is 18.7. The average molecular weight is 520 g/mol. The van der Waals surface area contributed by atoms with E-state index >= 15 is 0 Å². The lowest BCUT2D eigenvalue weighted by atomic mass is 10.1. The maximum absolute atomic E-state index is 11.9. The number of halogens is 1. The van der Waals surface area contributed by atoms with Gasteiger partial charge < -0.3 is 25.0 Å². The summed E-state index contributed by atoms with van der Waals surface area (Å²) in [6, 6.07) is 6.14. The monoisotopic (exact) mass is 520 g/mol. The predicted molar refractivity (Wildman–Crippen MR) is 130 cm³/mol. The van der Waals surface area contributed by atoms with Gasteiger partial charge in [-0.15, -0.1) is 24.0 Å². The third-order valence-electron chi connectivity index (χ3n) is 4.29. The molecular formula is C21H37IN4O3. The molecule has 0 aliphatic carbocycles. The molecule has 1 rings (SSSR count). The van der Waals surface area contributed by atoms with Gasteiger partial charge >= 0.3 is 0 Å². The van der Waals surface area contributed by atoms with Crippen molar-refractivity contribution in [2.75, 3.05) is 33.9 Å². The lowest BCUT2D eigenvalue weighted by Gasteiger charge is -2.22. The van der Waals surface area contributed by atoms with E-state index in [0.29, 0.717) is 19.2 Å². The number of likely N-dealkylation sites (N-methyl/N-ethyl adjacent to an activating group) is 1. The van der Waals surface area contributed by atoms with Crippen LogP contribution in [0.15, 0.2) is 23.2 Å². The molecule has 1 amide bonds. The Morgan fingerprint density at radius 2 is 1.69 bits per heavy atom. The third kappa shape index (κ3) is 9.56. The first kappa shape index (κ1) is 27.3. The Morgan fingerprint density at radius 3 is 2.24 bits per heavy atom. The molecule has 0 saturated heterocycles. The second-order valence-electron chi connectivity index (χ2n) is 6.84. The van der Waals surface area contributed by atoms with Crippen LogP contribution in [0.25, 0.3) is 0 Å². The summed E-state index contributed by atoms with van der Waals surface area (Å²) < 4.78 is 11.4. The van der Waals surface area contributed by atoms with Gasteiger partial charge in [-0.3, -0.25) is 4.79 Å². The Kier molecular flexibility index (Phi) is 13.5. The van der Waals surface area contributed by atoms with Crippen molar-refractivity contribution >= 4 is 35.8 Å². The van der Waals surface area contributed by atoms with Gasteiger partial charge in [0.25, 0.3) is 0 Å². The molecular weight excluding hydrogens is 483 g/mol. The molecule has 0 aliphatic rings. The maximum atomic E-state index is 11.9. The number of nitrogens with one attached hydrogen (secondary N) is 2. The van der Waals surface area contributed by atoms with E-state index in [0.717, 1.165) is 23.5 Å². The first-order chi connectivity index (χ1) is 13.3. The highest BCUT2D eigenvalue weighted by atomic mass is 127. The molecule has 8 heteroatoms. The molecule has 0 spiro atoms. The second kappa shape index (κ2) is 14.3. The van der Waals surface area contributed by atoms with Crippen molar-refractivity contribution < 1.29 is 14.3 Å². The zero-order chi connectivity index (χ0) is 21.1. The number of hydrogen-bond donors (Lipinski definition) is 2. The Morgan fingerprint density at radius 1 is 1.07 bits per heavy atom. The van der Waals surface area contributed by atoms with E-state index in [4.69, 9.17) is 9.47 Å². The molecule has 0 radical (unpaired) electrons. The topological polar surface area (TPSA) is 75.2 Å². The minimum atomic E-state index is -0.0439. The van der Waals surface area contributed by atoms with Gasteiger partial charge in [0.2, 0.25) is 5.91 Å². The lowest BCUT2D eigenvalue weighted by Crippen LogP contribution is -2.43. The highest BCUT2D eigenvalue weighted by Crippen LogP contribution is 2.30. The van der Waals surface area contributed by atoms with E-state index in [1.54, 1.807) is 14.1 Å². The molecule has 0 aliphatic heterocycles. The third-order valence-corrected chi connectivity index (χ3v) is 4.29. The Hall–Kier alpha value is -1.71. The van der Waals surface area contributed by atoms with Crippen molar-refractivity contribution in [3.63, 3.8) is 0 Å². The van der Waals surface area contributed by atoms with Gasteiger partial charge in [-0.05, 0) is 51.8 Å². The van der Waals surface area contributed by atoms with Crippen molar-refractivity contribution in [3.05, 3.63) is 23.8 Å². The van der Waals surface area contributed by atoms with Crippen LogP contribution in [0.5, 0.6) is 11.5 Å². The van der Waals surface area contributed by atoms with E-state index in [1.807, 2.05) is 39.0 Å². The zero-order valence-corrected chi connectivity index (χ0v) is 21.1. The van der Waals surface area contributed by atoms with Crippen molar-refractivity contribution in [2.45, 2.75) is 53.1 Å². The van der Waals surface area contributed by atoms with Crippen molar-refractivity contribution in [2.24, 2.45) is 4.99 Å². The number of aliphatic imine (C=N–C) groups is 1. The normalized spacial score (nSPS) is 13.0. The van der Waals surface area contributed by atoms with Gasteiger partial charge in [0, 0.05) is 20.1 Å². The van der Waals surface area contributed by atoms with Gasteiger partial charge in [0.05, 0.1) is 19.3 Å². The van der Waals surface area contributed by atoms with Gasteiger partial charge in [-0.1, -0.05) is 13.0 Å². The molecule has 0 bridgehead atoms. The number of rotatable bonds is 10. The van der Waals surface area contributed by atoms with E-state index < -0.39 is 0 Å². The van der Waals surface area contributed by atoms with Gasteiger partial charge in [0.1, 0.15) is 6.54 Å². The largest absolute Gasteiger partial charge is 0.490 e. The summed E-state index contributed by atoms with van der Waals surface area (Å²) in [6.07, 6.45) is 0.953. The van der Waals surface area contributed by atoms with Crippen molar-refractivity contribution in [1.29, 1.82) is 0 Å². The number of carbonyl (C=O) groups excluding carboxylic acids is 1. The SMILES string of the molecule is CCOc1ccc(C(C)NC(=NCC(=O)N(C)C)NC(C)CC)cc1OCC.I. The van der Waals surface area contributed by atoms with Crippen LogP contribution in [0.3, 0.4) is 0 Å². The number of ether oxygens (including phenoxy) is 2. The number of nitrogens with zero attached hydrogens (tertiary/aromatic N) is 2. The Balaban J connectivity index is 0.00000784. The van der Waals surface area contributed by atoms with Gasteiger partial charge in [0.15, 0.2) is 17.5 Å². The molecule has 1 aromatic rings. The Labute approximate surface area is 192 Å². The van der Waals surface area contributed by atoms with Crippen LogP contribution in [0.1, 0.15) is 52.6 Å². The number of amides is 1. The van der Waals surface area contributed by atoms with Crippen LogP contribution < -0.4 is 20.1 Å². The van der Waals surface area contributed by atoms with E-state index in [9.17, 15) is 4.79 Å². The summed E-state index contributed by atoms with van der Waals surface area (Å²) in [6.45, 7) is 11.4. The van der Waals surface area contributed by atoms with Gasteiger partial charge in [-0.25, -0.2) is 4.99 Å². The number of hydrogen-bond acceptors (Lipinski definition) is 4. The van der Waals surface area contributed by atoms with Crippen LogP contribution >= 0.6 is 24.0 Å². The molecule has 7 nitrogen and oxygen atoms in total. The fourth-order valence-corrected chi connectivity index (χ4v) is 2.38. The first-order valence-corrected chi connectivity index (χ1v) is 9.99. The predicted octanol–water partition coefficient (Wildman–Crippen LogP) is 3.58. The second-order valence-corrected chi connectivity index (χ2v) is 6.84. The number of guanidine groups is 1. The Bertz CT molecular complexity index is 653. The summed E-state index contributed by atoms with van der Waals surface area (Å²) in [5.41, 5.74) is 1.05. The molecule has 0 heterocycles. The van der Waals surface area contributed by atoms with Crippen LogP contribution in [-0.4, -0.2) is 56.7 Å². The molecule has 2 N–H and O–H groups in total. The van der Waals surface area contributed by atoms with Crippen molar-refractivity contribution in [1.82, 2.24) is 15.5 Å². The fraction of sp³-hybridized carbons (Fsp3) is 0.619. The summed E-state index contributed by atoms with van der Waals surface area (Å²) in [5, 5.41) is 6.73. The van der Waals surface area contributed by atoms with Crippen LogP contribution in [0.4, 0.5) is 0 Å². The molecule has 166 valence electrons. The minimum absolute atomic E-state index is 0. The van der Waals surface area contributed by atoms with Crippen molar-refractivity contribution in [3.8, 4) is 11.5 Å². The fourth-order valence-electron chi connectivity index (χ4n) is 2.38. The first-order valence-electron chi connectivity index (χ1n) is 9.99. The average Bonchev–Trinajstić information content (AvgIpc) is 2.67. The maximum Gasteiger partial charge on any atom is 0.243 e. The molecule has 0 fully saturated rings. The molecule has 2 atom stereocenters. The van der Waals surface area contributed by atoms with Gasteiger partial charge in [-0.2, -0.15) is 0 Å². The summed E-state index contributed by atoms with van der Waals surface area (Å²) >= 11 is 0. The molecule has 2 unspecified atom stereocenters. The lowest BCUT2D eigenvalue weighted by molar-refractivity contribution is -0.127. The summed E-state index contributed by atoms with van der Waals surface area (Å²) in [7, 11) is 3.45. The van der Waals surface area contributed by atoms with Crippen LogP contribution in [0, 0.1) is 0 Å². The van der Waals surface area contributed by atoms with E-state index in [1.165, 1.54) is 4.90 Å². The highest BCUT2D eigenvalue weighted by molar-refractivity contribution is 14.0. The molecule has 1 aromatic carbocycles. The molecule has 0 saturated carbocycles. The van der Waals surface area contributed by atoms with E-state index in [2.05, 4.69) is 29.5 Å². The quantitative estimate of drug-likeness (QED) is 0.280. The molecule has 29 heavy (non-hydrogen) atoms. The summed E-state index contributed by atoms with van der Waals surface area (Å²) in [4.78, 5) is 17.9. The van der Waals surface area contributed by atoms with Crippen LogP contribution in [-0.2, 0) is 4.79 Å². The standard InChI is InChI=1S/C21H36N4O3.HI/c1-8-15(4)23-21(22-14-20(26)25(6)7)24-16(5)17-11-12-18(27-9-2)19(13-17)28-10-3;/h11-13,15-16H,8-10,14H2,1-7H3,(H2,22,23,24);1H. The number of carbonyl (C=O) groups is 1. The summed E-state index contributed by atoms with van der Waals surface area (Å²) in [5.74, 6) is 2.04. The number of benzene rings is 1. The van der Waals surface area contributed by atoms with Crippen LogP contribution in [0.2, 0.25) is 0 Å².